The van der Waals surface area contributed by atoms with E-state index in [1.54, 1.807) is 18.3 Å². The van der Waals surface area contributed by atoms with Crippen molar-refractivity contribution in [3.8, 4) is 17.2 Å². The summed E-state index contributed by atoms with van der Waals surface area (Å²) in [4.78, 5) is 17.4. The molecule has 0 aliphatic carbocycles. The lowest BCUT2D eigenvalue weighted by Crippen LogP contribution is -2.06. The number of ether oxygens (including phenoxy) is 3. The third kappa shape index (κ3) is 3.20. The molecule has 2 aromatic carbocycles. The van der Waals surface area contributed by atoms with E-state index >= 15 is 0 Å². The molecular formula is C21H21NO4. The van der Waals surface area contributed by atoms with Crippen LogP contribution in [0.3, 0.4) is 0 Å². The van der Waals surface area contributed by atoms with E-state index in [1.165, 1.54) is 21.3 Å². The number of carbonyl (C=O) groups is 1. The fourth-order valence-corrected chi connectivity index (χ4v) is 3.04. The molecule has 134 valence electrons. The minimum Gasteiger partial charge on any atom is -0.493 e. The van der Waals surface area contributed by atoms with E-state index in [0.717, 1.165) is 11.1 Å². The molecule has 0 aromatic heterocycles. The van der Waals surface area contributed by atoms with Gasteiger partial charge in [0, 0.05) is 17.3 Å². The standard InChI is InChI=1S/C21H21NO4/c1-13-10-14(17-6-5-9-22-17)7-8-16(13)20(23)15-11-18(24-2)21(26-4)19(12-15)25-3/h5-12,17H,1-4H3. The van der Waals surface area contributed by atoms with E-state index in [2.05, 4.69) is 4.99 Å². The quantitative estimate of drug-likeness (QED) is 0.740. The fraction of sp³-hybridized carbons (Fsp3) is 0.238. The Morgan fingerprint density at radius 2 is 1.69 bits per heavy atom. The SMILES string of the molecule is COc1cc(C(=O)c2ccc(C3C=CC=N3)cc2C)cc(OC)c1OC. The van der Waals surface area contributed by atoms with Gasteiger partial charge in [0.2, 0.25) is 5.75 Å². The average Bonchev–Trinajstić information content (AvgIpc) is 3.20. The van der Waals surface area contributed by atoms with E-state index in [4.69, 9.17) is 14.2 Å². The third-order valence-corrected chi connectivity index (χ3v) is 4.39. The van der Waals surface area contributed by atoms with Crippen molar-refractivity contribution < 1.29 is 19.0 Å². The van der Waals surface area contributed by atoms with Crippen LogP contribution in [0.1, 0.15) is 33.1 Å². The molecule has 0 saturated carbocycles. The van der Waals surface area contributed by atoms with Gasteiger partial charge in [0.15, 0.2) is 17.3 Å². The van der Waals surface area contributed by atoms with E-state index in [0.29, 0.717) is 28.4 Å². The van der Waals surface area contributed by atoms with E-state index in [-0.39, 0.29) is 11.8 Å². The number of allylic oxidation sites excluding steroid dienone is 1. The Kier molecular flexibility index (Phi) is 5.07. The maximum absolute atomic E-state index is 13.0. The highest BCUT2D eigenvalue weighted by Crippen LogP contribution is 2.39. The Hall–Kier alpha value is -3.08. The maximum atomic E-state index is 13.0. The molecule has 0 fully saturated rings. The zero-order chi connectivity index (χ0) is 18.7. The van der Waals surface area contributed by atoms with Crippen molar-refractivity contribution in [2.75, 3.05) is 21.3 Å². The summed E-state index contributed by atoms with van der Waals surface area (Å²) < 4.78 is 16.0. The first-order valence-corrected chi connectivity index (χ1v) is 8.24. The van der Waals surface area contributed by atoms with Gasteiger partial charge in [0.25, 0.3) is 0 Å². The van der Waals surface area contributed by atoms with Crippen LogP contribution in [-0.4, -0.2) is 33.3 Å². The molecule has 0 amide bonds. The molecule has 1 atom stereocenters. The van der Waals surface area contributed by atoms with Crippen molar-refractivity contribution in [1.29, 1.82) is 0 Å². The van der Waals surface area contributed by atoms with Crippen LogP contribution in [0.4, 0.5) is 0 Å². The molecule has 1 aliphatic heterocycles. The maximum Gasteiger partial charge on any atom is 0.203 e. The van der Waals surface area contributed by atoms with E-state index < -0.39 is 0 Å². The van der Waals surface area contributed by atoms with Crippen LogP contribution in [0.2, 0.25) is 0 Å². The average molecular weight is 351 g/mol. The molecule has 0 saturated heterocycles. The van der Waals surface area contributed by atoms with Crippen LogP contribution in [0.25, 0.3) is 0 Å². The first kappa shape index (κ1) is 17.7. The Morgan fingerprint density at radius 1 is 1.00 bits per heavy atom. The van der Waals surface area contributed by atoms with Crippen LogP contribution in [0, 0.1) is 6.92 Å². The second-order valence-electron chi connectivity index (χ2n) is 5.95. The molecule has 0 spiro atoms. The number of methoxy groups -OCH3 is 3. The predicted octanol–water partition coefficient (Wildman–Crippen LogP) is 3.93. The summed E-state index contributed by atoms with van der Waals surface area (Å²) in [5.41, 5.74) is 3.08. The highest BCUT2D eigenvalue weighted by atomic mass is 16.5. The first-order valence-electron chi connectivity index (χ1n) is 8.24. The van der Waals surface area contributed by atoms with Gasteiger partial charge in [-0.25, -0.2) is 0 Å². The number of ketones is 1. The van der Waals surface area contributed by atoms with Crippen LogP contribution in [-0.2, 0) is 0 Å². The minimum atomic E-state index is -0.0984. The van der Waals surface area contributed by atoms with Crippen LogP contribution >= 0.6 is 0 Å². The summed E-state index contributed by atoms with van der Waals surface area (Å²) in [6.07, 6.45) is 5.74. The van der Waals surface area contributed by atoms with Gasteiger partial charge in [-0.2, -0.15) is 0 Å². The summed E-state index contributed by atoms with van der Waals surface area (Å²) in [6.45, 7) is 1.93. The van der Waals surface area contributed by atoms with Crippen LogP contribution < -0.4 is 14.2 Å². The van der Waals surface area contributed by atoms with E-state index in [1.807, 2.05) is 37.3 Å². The number of hydrogen-bond acceptors (Lipinski definition) is 5. The second kappa shape index (κ2) is 7.44. The number of aliphatic imine (C=N–C) groups is 1. The van der Waals surface area contributed by atoms with Crippen LogP contribution in [0.5, 0.6) is 17.2 Å². The van der Waals surface area contributed by atoms with Gasteiger partial charge in [-0.3, -0.25) is 9.79 Å². The van der Waals surface area contributed by atoms with Gasteiger partial charge in [0.05, 0.1) is 27.4 Å². The van der Waals surface area contributed by atoms with Gasteiger partial charge in [0.1, 0.15) is 0 Å². The van der Waals surface area contributed by atoms with Crippen molar-refractivity contribution in [1.82, 2.24) is 0 Å². The number of carbonyl (C=O) groups excluding carboxylic acids is 1. The molecule has 26 heavy (non-hydrogen) atoms. The summed E-state index contributed by atoms with van der Waals surface area (Å²) >= 11 is 0. The monoisotopic (exact) mass is 351 g/mol. The lowest BCUT2D eigenvalue weighted by atomic mass is 9.95. The van der Waals surface area contributed by atoms with Gasteiger partial charge in [-0.05, 0) is 36.3 Å². The number of nitrogens with zero attached hydrogens (tertiary/aromatic N) is 1. The number of hydrogen-bond donors (Lipinski definition) is 0. The van der Waals surface area contributed by atoms with E-state index in [9.17, 15) is 4.79 Å². The number of aryl methyl sites for hydroxylation is 1. The molecule has 1 heterocycles. The zero-order valence-corrected chi connectivity index (χ0v) is 15.3. The summed E-state index contributed by atoms with van der Waals surface area (Å²) in [5, 5.41) is 0. The summed E-state index contributed by atoms with van der Waals surface area (Å²) in [6, 6.07) is 9.15. The zero-order valence-electron chi connectivity index (χ0n) is 15.3. The highest BCUT2D eigenvalue weighted by molar-refractivity contribution is 6.10. The van der Waals surface area contributed by atoms with Crippen molar-refractivity contribution in [2.45, 2.75) is 13.0 Å². The molecular weight excluding hydrogens is 330 g/mol. The topological polar surface area (TPSA) is 57.1 Å². The van der Waals surface area contributed by atoms with Gasteiger partial charge < -0.3 is 14.2 Å². The summed E-state index contributed by atoms with van der Waals surface area (Å²) in [5.74, 6) is 1.27. The van der Waals surface area contributed by atoms with Crippen molar-refractivity contribution >= 4 is 12.0 Å². The molecule has 5 nitrogen and oxygen atoms in total. The van der Waals surface area contributed by atoms with Gasteiger partial charge >= 0.3 is 0 Å². The van der Waals surface area contributed by atoms with Crippen molar-refractivity contribution in [3.63, 3.8) is 0 Å². The molecule has 2 aromatic rings. The predicted molar refractivity (Wildman–Crippen MR) is 101 cm³/mol. The fourth-order valence-electron chi connectivity index (χ4n) is 3.04. The molecule has 0 radical (unpaired) electrons. The minimum absolute atomic E-state index is 0.0269. The third-order valence-electron chi connectivity index (χ3n) is 4.39. The molecule has 5 heteroatoms. The van der Waals surface area contributed by atoms with Gasteiger partial charge in [-0.15, -0.1) is 0 Å². The normalized spacial score (nSPS) is 15.2. The smallest absolute Gasteiger partial charge is 0.203 e. The number of rotatable bonds is 6. The lowest BCUT2D eigenvalue weighted by molar-refractivity contribution is 0.103. The second-order valence-corrected chi connectivity index (χ2v) is 5.95. The summed E-state index contributed by atoms with van der Waals surface area (Å²) in [7, 11) is 4.59. The van der Waals surface area contributed by atoms with Gasteiger partial charge in [-0.1, -0.05) is 24.3 Å². The Labute approximate surface area is 152 Å². The first-order chi connectivity index (χ1) is 12.6. The molecule has 1 aliphatic rings. The molecule has 0 N–H and O–H groups in total. The molecule has 3 rings (SSSR count). The van der Waals surface area contributed by atoms with Crippen molar-refractivity contribution in [3.05, 3.63) is 64.7 Å². The Balaban J connectivity index is 1.99. The Morgan fingerprint density at radius 3 is 2.19 bits per heavy atom. The molecule has 0 bridgehead atoms. The number of benzene rings is 2. The van der Waals surface area contributed by atoms with Crippen molar-refractivity contribution in [2.24, 2.45) is 4.99 Å². The highest BCUT2D eigenvalue weighted by Gasteiger charge is 2.20. The lowest BCUT2D eigenvalue weighted by Gasteiger charge is -2.15. The largest absolute Gasteiger partial charge is 0.493 e. The van der Waals surface area contributed by atoms with Crippen LogP contribution in [0.15, 0.2) is 47.5 Å². The molecule has 1 unspecified atom stereocenters. The Bertz CT molecular complexity index is 862.